The normalized spacial score (nSPS) is 15.2. The number of rotatable bonds is 5. The van der Waals surface area contributed by atoms with Gasteiger partial charge in [0.1, 0.15) is 0 Å². The van der Waals surface area contributed by atoms with Crippen molar-refractivity contribution in [3.63, 3.8) is 0 Å². The van der Waals surface area contributed by atoms with E-state index in [2.05, 4.69) is 11.2 Å². The highest BCUT2D eigenvalue weighted by Gasteiger charge is 2.22. The first-order valence-corrected chi connectivity index (χ1v) is 6.10. The van der Waals surface area contributed by atoms with Crippen LogP contribution >= 0.6 is 0 Å². The molecule has 96 valence electrons. The molecule has 0 bridgehead atoms. The van der Waals surface area contributed by atoms with Gasteiger partial charge in [0, 0.05) is 18.5 Å². The lowest BCUT2D eigenvalue weighted by atomic mass is 9.94. The molecule has 0 saturated carbocycles. The molecule has 0 spiro atoms. The monoisotopic (exact) mass is 244 g/mol. The van der Waals surface area contributed by atoms with Crippen LogP contribution in [0.2, 0.25) is 0 Å². The van der Waals surface area contributed by atoms with Crippen LogP contribution < -0.4 is 11.1 Å². The molecule has 0 aromatic heterocycles. The number of carbonyl (C=O) groups is 1. The number of nitrogens with one attached hydrogen (secondary N) is 1. The molecule has 1 aromatic carbocycles. The lowest BCUT2D eigenvalue weighted by Gasteiger charge is -2.21. The van der Waals surface area contributed by atoms with E-state index >= 15 is 0 Å². The van der Waals surface area contributed by atoms with E-state index in [-0.39, 0.29) is 23.9 Å². The number of terminal acetylenes is 1. The zero-order valence-electron chi connectivity index (χ0n) is 10.9. The second-order valence-electron chi connectivity index (χ2n) is 4.54. The van der Waals surface area contributed by atoms with Crippen molar-refractivity contribution in [1.82, 2.24) is 5.32 Å². The minimum Gasteiger partial charge on any atom is -0.352 e. The van der Waals surface area contributed by atoms with Crippen LogP contribution in [0, 0.1) is 18.3 Å². The van der Waals surface area contributed by atoms with Gasteiger partial charge in [-0.05, 0) is 12.5 Å². The molecule has 3 nitrogen and oxygen atoms in total. The Labute approximate surface area is 109 Å². The second-order valence-corrected chi connectivity index (χ2v) is 4.54. The second kappa shape index (κ2) is 6.83. The van der Waals surface area contributed by atoms with Crippen LogP contribution in [0.3, 0.4) is 0 Å². The summed E-state index contributed by atoms with van der Waals surface area (Å²) < 4.78 is 0. The molecule has 3 heteroatoms. The van der Waals surface area contributed by atoms with Crippen LogP contribution in [-0.4, -0.2) is 11.9 Å². The average molecular weight is 244 g/mol. The van der Waals surface area contributed by atoms with Gasteiger partial charge in [-0.1, -0.05) is 37.3 Å². The summed E-state index contributed by atoms with van der Waals surface area (Å²) in [5, 5.41) is 2.87. The molecule has 0 radical (unpaired) electrons. The van der Waals surface area contributed by atoms with Gasteiger partial charge < -0.3 is 11.1 Å². The lowest BCUT2D eigenvalue weighted by Crippen LogP contribution is -2.40. The fourth-order valence-corrected chi connectivity index (χ4v) is 1.73. The van der Waals surface area contributed by atoms with Crippen LogP contribution in [0.25, 0.3) is 0 Å². The van der Waals surface area contributed by atoms with E-state index in [1.54, 1.807) is 0 Å². The van der Waals surface area contributed by atoms with E-state index in [1.807, 2.05) is 44.2 Å². The molecule has 3 N–H and O–H groups in total. The number of carbonyl (C=O) groups excluding carboxylic acids is 1. The van der Waals surface area contributed by atoms with Crippen molar-refractivity contribution in [1.29, 1.82) is 0 Å². The van der Waals surface area contributed by atoms with E-state index in [0.717, 1.165) is 5.56 Å². The van der Waals surface area contributed by atoms with Gasteiger partial charge in [-0.15, -0.1) is 12.3 Å². The fourth-order valence-electron chi connectivity index (χ4n) is 1.73. The maximum absolute atomic E-state index is 12.0. The SMILES string of the molecule is C#CCC(C)NC(=O)C(C)C(N)c1ccccc1. The van der Waals surface area contributed by atoms with Crippen molar-refractivity contribution in [3.8, 4) is 12.3 Å². The van der Waals surface area contributed by atoms with Crippen molar-refractivity contribution in [3.05, 3.63) is 35.9 Å². The van der Waals surface area contributed by atoms with Gasteiger partial charge >= 0.3 is 0 Å². The molecule has 3 atom stereocenters. The highest BCUT2D eigenvalue weighted by atomic mass is 16.1. The van der Waals surface area contributed by atoms with E-state index < -0.39 is 0 Å². The van der Waals surface area contributed by atoms with Gasteiger partial charge in [-0.2, -0.15) is 0 Å². The fraction of sp³-hybridized carbons (Fsp3) is 0.400. The third-order valence-corrected chi connectivity index (χ3v) is 2.95. The molecule has 18 heavy (non-hydrogen) atoms. The van der Waals surface area contributed by atoms with Gasteiger partial charge in [0.2, 0.25) is 5.91 Å². The Bertz CT molecular complexity index is 422. The molecule has 0 aliphatic heterocycles. The predicted octanol–water partition coefficient (Wildman–Crippen LogP) is 1.85. The Kier molecular flexibility index (Phi) is 5.41. The summed E-state index contributed by atoms with van der Waals surface area (Å²) in [7, 11) is 0. The predicted molar refractivity (Wildman–Crippen MR) is 73.6 cm³/mol. The van der Waals surface area contributed by atoms with Crippen molar-refractivity contribution in [2.45, 2.75) is 32.4 Å². The standard InChI is InChI=1S/C15H20N2O/c1-4-8-11(2)17-15(18)12(3)14(16)13-9-6-5-7-10-13/h1,5-7,9-12,14H,8,16H2,2-3H3,(H,17,18). The van der Waals surface area contributed by atoms with Crippen molar-refractivity contribution < 1.29 is 4.79 Å². The van der Waals surface area contributed by atoms with E-state index in [4.69, 9.17) is 12.2 Å². The Morgan fingerprint density at radius 1 is 1.39 bits per heavy atom. The summed E-state index contributed by atoms with van der Waals surface area (Å²) in [5.74, 6) is 2.18. The molecular weight excluding hydrogens is 224 g/mol. The summed E-state index contributed by atoms with van der Waals surface area (Å²) in [4.78, 5) is 12.0. The molecule has 0 saturated heterocycles. The van der Waals surface area contributed by atoms with Crippen molar-refractivity contribution in [2.75, 3.05) is 0 Å². The number of hydrogen-bond donors (Lipinski definition) is 2. The number of nitrogens with two attached hydrogens (primary N) is 1. The molecule has 0 aliphatic rings. The van der Waals surface area contributed by atoms with Gasteiger partial charge in [0.15, 0.2) is 0 Å². The van der Waals surface area contributed by atoms with Crippen LogP contribution in [0.1, 0.15) is 31.9 Å². The summed E-state index contributed by atoms with van der Waals surface area (Å²) in [6.45, 7) is 3.72. The quantitative estimate of drug-likeness (QED) is 0.777. The summed E-state index contributed by atoms with van der Waals surface area (Å²) >= 11 is 0. The van der Waals surface area contributed by atoms with Crippen LogP contribution in [0.4, 0.5) is 0 Å². The van der Waals surface area contributed by atoms with Crippen LogP contribution in [0.15, 0.2) is 30.3 Å². The summed E-state index contributed by atoms with van der Waals surface area (Å²) in [6, 6.07) is 9.30. The molecule has 0 fully saturated rings. The molecule has 1 aromatic rings. The zero-order valence-corrected chi connectivity index (χ0v) is 10.9. The summed E-state index contributed by atoms with van der Waals surface area (Å²) in [5.41, 5.74) is 7.05. The Balaban J connectivity index is 2.62. The zero-order chi connectivity index (χ0) is 13.5. The van der Waals surface area contributed by atoms with Crippen molar-refractivity contribution >= 4 is 5.91 Å². The highest BCUT2D eigenvalue weighted by molar-refractivity contribution is 5.79. The Morgan fingerprint density at radius 3 is 2.56 bits per heavy atom. The first-order valence-electron chi connectivity index (χ1n) is 6.10. The largest absolute Gasteiger partial charge is 0.352 e. The van der Waals surface area contributed by atoms with Crippen LogP contribution in [0.5, 0.6) is 0 Å². The van der Waals surface area contributed by atoms with Gasteiger partial charge in [-0.25, -0.2) is 0 Å². The van der Waals surface area contributed by atoms with Gasteiger partial charge in [-0.3, -0.25) is 4.79 Å². The van der Waals surface area contributed by atoms with E-state index in [1.165, 1.54) is 0 Å². The maximum Gasteiger partial charge on any atom is 0.224 e. The first kappa shape index (κ1) is 14.3. The number of benzene rings is 1. The number of amides is 1. The minimum absolute atomic E-state index is 0.0204. The third-order valence-electron chi connectivity index (χ3n) is 2.95. The number of hydrogen-bond acceptors (Lipinski definition) is 2. The molecule has 0 heterocycles. The molecule has 1 rings (SSSR count). The average Bonchev–Trinajstić information content (AvgIpc) is 2.38. The maximum atomic E-state index is 12.0. The van der Waals surface area contributed by atoms with Crippen LogP contribution in [-0.2, 0) is 4.79 Å². The minimum atomic E-state index is -0.302. The molecule has 1 amide bonds. The molecular formula is C15H20N2O. The highest BCUT2D eigenvalue weighted by Crippen LogP contribution is 2.19. The molecule has 0 aliphatic carbocycles. The summed E-state index contributed by atoms with van der Waals surface area (Å²) in [6.07, 6.45) is 5.73. The van der Waals surface area contributed by atoms with E-state index in [0.29, 0.717) is 6.42 Å². The third kappa shape index (κ3) is 3.90. The van der Waals surface area contributed by atoms with Gasteiger partial charge in [0.05, 0.1) is 5.92 Å². The van der Waals surface area contributed by atoms with Crippen molar-refractivity contribution in [2.24, 2.45) is 11.7 Å². The van der Waals surface area contributed by atoms with Gasteiger partial charge in [0.25, 0.3) is 0 Å². The first-order chi connectivity index (χ1) is 8.56. The smallest absolute Gasteiger partial charge is 0.224 e. The topological polar surface area (TPSA) is 55.1 Å². The Morgan fingerprint density at radius 2 is 2.00 bits per heavy atom. The van der Waals surface area contributed by atoms with E-state index in [9.17, 15) is 4.79 Å². The lowest BCUT2D eigenvalue weighted by molar-refractivity contribution is -0.125. The molecule has 3 unspecified atom stereocenters. The Hall–Kier alpha value is -1.79.